The molecule has 6 heteroatoms. The SMILES string of the molecule is CCN1c2ccc(/C=N/NC(=O)c3ccc(Cl)c(Cl)c3)cc2C(C)CC1(C)C. The van der Waals surface area contributed by atoms with E-state index in [1.165, 1.54) is 17.3 Å². The lowest BCUT2D eigenvalue weighted by Gasteiger charge is -2.47. The summed E-state index contributed by atoms with van der Waals surface area (Å²) in [5, 5.41) is 4.85. The number of hydrogen-bond acceptors (Lipinski definition) is 3. The number of benzene rings is 2. The first-order chi connectivity index (χ1) is 13.2. The third kappa shape index (κ3) is 4.18. The Bertz CT molecular complexity index is 924. The molecule has 1 unspecified atom stereocenters. The molecule has 3 rings (SSSR count). The van der Waals surface area contributed by atoms with Crippen LogP contribution < -0.4 is 10.3 Å². The molecule has 1 atom stereocenters. The highest BCUT2D eigenvalue weighted by Crippen LogP contribution is 2.43. The van der Waals surface area contributed by atoms with E-state index in [0.29, 0.717) is 21.5 Å². The number of rotatable bonds is 4. The Hall–Kier alpha value is -2.04. The van der Waals surface area contributed by atoms with Crippen LogP contribution >= 0.6 is 23.2 Å². The molecule has 148 valence electrons. The number of hydrazone groups is 1. The lowest BCUT2D eigenvalue weighted by Crippen LogP contribution is -2.48. The minimum atomic E-state index is -0.333. The summed E-state index contributed by atoms with van der Waals surface area (Å²) in [6.07, 6.45) is 2.76. The van der Waals surface area contributed by atoms with Crippen molar-refractivity contribution in [1.29, 1.82) is 0 Å². The van der Waals surface area contributed by atoms with E-state index in [1.807, 2.05) is 6.07 Å². The van der Waals surface area contributed by atoms with E-state index >= 15 is 0 Å². The molecule has 0 radical (unpaired) electrons. The van der Waals surface area contributed by atoms with Crippen molar-refractivity contribution in [2.45, 2.75) is 45.6 Å². The largest absolute Gasteiger partial charge is 0.366 e. The zero-order valence-electron chi connectivity index (χ0n) is 16.6. The number of anilines is 1. The molecular weight excluding hydrogens is 393 g/mol. The molecule has 0 fully saturated rings. The maximum absolute atomic E-state index is 12.2. The molecule has 2 aromatic carbocycles. The summed E-state index contributed by atoms with van der Waals surface area (Å²) >= 11 is 11.8. The molecule has 1 N–H and O–H groups in total. The summed E-state index contributed by atoms with van der Waals surface area (Å²) in [5.41, 5.74) is 6.64. The van der Waals surface area contributed by atoms with Gasteiger partial charge in [0, 0.05) is 23.3 Å². The average Bonchev–Trinajstić information content (AvgIpc) is 2.64. The second kappa shape index (κ2) is 8.14. The van der Waals surface area contributed by atoms with Crippen LogP contribution in [0.1, 0.15) is 61.5 Å². The first kappa shape index (κ1) is 20.7. The predicted molar refractivity (Wildman–Crippen MR) is 118 cm³/mol. The van der Waals surface area contributed by atoms with E-state index in [2.05, 4.69) is 55.3 Å². The first-order valence-corrected chi connectivity index (χ1v) is 10.2. The standard InChI is InChI=1S/C22H25Cl2N3O/c1-5-27-20-9-6-15(10-17(20)14(2)12-22(27,3)4)13-25-26-21(28)16-7-8-18(23)19(24)11-16/h6-11,13-14H,5,12H2,1-4H3,(H,26,28)/b25-13+. The lowest BCUT2D eigenvalue weighted by atomic mass is 9.79. The van der Waals surface area contributed by atoms with Gasteiger partial charge in [0.05, 0.1) is 16.3 Å². The fourth-order valence-electron chi connectivity index (χ4n) is 4.06. The van der Waals surface area contributed by atoms with Gasteiger partial charge < -0.3 is 4.90 Å². The molecule has 2 aromatic rings. The predicted octanol–water partition coefficient (Wildman–Crippen LogP) is 5.87. The number of carbonyl (C=O) groups is 1. The van der Waals surface area contributed by atoms with Gasteiger partial charge >= 0.3 is 0 Å². The third-order valence-corrected chi connectivity index (χ3v) is 6.03. The second-order valence-electron chi connectivity index (χ2n) is 7.81. The van der Waals surface area contributed by atoms with Crippen LogP contribution in [0.5, 0.6) is 0 Å². The number of halogens is 2. The lowest BCUT2D eigenvalue weighted by molar-refractivity contribution is 0.0955. The van der Waals surface area contributed by atoms with Crippen LogP contribution in [0.3, 0.4) is 0 Å². The topological polar surface area (TPSA) is 44.7 Å². The van der Waals surface area contributed by atoms with Gasteiger partial charge in [-0.05, 0) is 74.6 Å². The summed E-state index contributed by atoms with van der Waals surface area (Å²) < 4.78 is 0. The smallest absolute Gasteiger partial charge is 0.271 e. The molecule has 4 nitrogen and oxygen atoms in total. The van der Waals surface area contributed by atoms with Crippen LogP contribution in [-0.4, -0.2) is 24.2 Å². The Morgan fingerprint density at radius 3 is 2.68 bits per heavy atom. The number of carbonyl (C=O) groups excluding carboxylic acids is 1. The van der Waals surface area contributed by atoms with E-state index in [0.717, 1.165) is 18.5 Å². The monoisotopic (exact) mass is 417 g/mol. The molecule has 0 saturated carbocycles. The number of amides is 1. The fraction of sp³-hybridized carbons (Fsp3) is 0.364. The molecule has 1 heterocycles. The van der Waals surface area contributed by atoms with Crippen molar-refractivity contribution in [2.24, 2.45) is 5.10 Å². The van der Waals surface area contributed by atoms with E-state index in [9.17, 15) is 4.79 Å². The number of nitrogens with one attached hydrogen (secondary N) is 1. The summed E-state index contributed by atoms with van der Waals surface area (Å²) in [5.74, 6) is 0.131. The van der Waals surface area contributed by atoms with E-state index in [1.54, 1.807) is 18.3 Å². The molecule has 28 heavy (non-hydrogen) atoms. The molecular formula is C22H25Cl2N3O. The van der Waals surface area contributed by atoms with E-state index < -0.39 is 0 Å². The zero-order valence-corrected chi connectivity index (χ0v) is 18.1. The Morgan fingerprint density at radius 2 is 2.00 bits per heavy atom. The summed E-state index contributed by atoms with van der Waals surface area (Å²) in [6, 6.07) is 11.1. The molecule has 0 bridgehead atoms. The third-order valence-electron chi connectivity index (χ3n) is 5.29. The van der Waals surface area contributed by atoms with Crippen molar-refractivity contribution in [3.8, 4) is 0 Å². The van der Waals surface area contributed by atoms with Crippen LogP contribution in [0, 0.1) is 0 Å². The highest BCUT2D eigenvalue weighted by molar-refractivity contribution is 6.42. The van der Waals surface area contributed by atoms with Gasteiger partial charge in [-0.25, -0.2) is 5.43 Å². The average molecular weight is 418 g/mol. The highest BCUT2D eigenvalue weighted by atomic mass is 35.5. The maximum Gasteiger partial charge on any atom is 0.271 e. The number of hydrogen-bond donors (Lipinski definition) is 1. The van der Waals surface area contributed by atoms with Crippen LogP contribution in [-0.2, 0) is 0 Å². The van der Waals surface area contributed by atoms with E-state index in [4.69, 9.17) is 23.2 Å². The van der Waals surface area contributed by atoms with Crippen LogP contribution in [0.15, 0.2) is 41.5 Å². The minimum Gasteiger partial charge on any atom is -0.366 e. The molecule has 0 saturated heterocycles. The summed E-state index contributed by atoms with van der Waals surface area (Å²) in [4.78, 5) is 14.7. The first-order valence-electron chi connectivity index (χ1n) is 9.43. The second-order valence-corrected chi connectivity index (χ2v) is 8.62. The number of fused-ring (bicyclic) bond motifs is 1. The van der Waals surface area contributed by atoms with Gasteiger partial charge in [-0.1, -0.05) is 36.2 Å². The van der Waals surface area contributed by atoms with Crippen LogP contribution in [0.4, 0.5) is 5.69 Å². The summed E-state index contributed by atoms with van der Waals surface area (Å²) in [7, 11) is 0. The zero-order chi connectivity index (χ0) is 20.5. The van der Waals surface area contributed by atoms with Gasteiger partial charge in [0.15, 0.2) is 0 Å². The van der Waals surface area contributed by atoms with Crippen LogP contribution in [0.2, 0.25) is 10.0 Å². The molecule has 0 spiro atoms. The molecule has 0 aliphatic carbocycles. The number of nitrogens with zero attached hydrogens (tertiary/aromatic N) is 2. The Labute approximate surface area is 176 Å². The van der Waals surface area contributed by atoms with Gasteiger partial charge in [0.25, 0.3) is 5.91 Å². The van der Waals surface area contributed by atoms with Crippen molar-refractivity contribution in [1.82, 2.24) is 5.43 Å². The van der Waals surface area contributed by atoms with Crippen LogP contribution in [0.25, 0.3) is 0 Å². The van der Waals surface area contributed by atoms with Gasteiger partial charge in [-0.2, -0.15) is 5.10 Å². The molecule has 1 amide bonds. The van der Waals surface area contributed by atoms with Crippen molar-refractivity contribution < 1.29 is 4.79 Å². The molecule has 1 aliphatic heterocycles. The van der Waals surface area contributed by atoms with E-state index in [-0.39, 0.29) is 11.4 Å². The van der Waals surface area contributed by atoms with Crippen molar-refractivity contribution >= 4 is 41.0 Å². The van der Waals surface area contributed by atoms with Gasteiger partial charge in [0.2, 0.25) is 0 Å². The maximum atomic E-state index is 12.2. The van der Waals surface area contributed by atoms with Crippen molar-refractivity contribution in [2.75, 3.05) is 11.4 Å². The van der Waals surface area contributed by atoms with Gasteiger partial charge in [-0.15, -0.1) is 0 Å². The normalized spacial score (nSPS) is 18.2. The summed E-state index contributed by atoms with van der Waals surface area (Å²) in [6.45, 7) is 10.0. The Morgan fingerprint density at radius 1 is 1.25 bits per heavy atom. The van der Waals surface area contributed by atoms with Gasteiger partial charge in [-0.3, -0.25) is 4.79 Å². The Kier molecular flexibility index (Phi) is 6.01. The van der Waals surface area contributed by atoms with Crippen molar-refractivity contribution in [3.05, 3.63) is 63.1 Å². The Balaban J connectivity index is 1.76. The van der Waals surface area contributed by atoms with Gasteiger partial charge in [0.1, 0.15) is 0 Å². The minimum absolute atomic E-state index is 0.143. The van der Waals surface area contributed by atoms with Crippen molar-refractivity contribution in [3.63, 3.8) is 0 Å². The highest BCUT2D eigenvalue weighted by Gasteiger charge is 2.35. The fourth-order valence-corrected chi connectivity index (χ4v) is 4.35. The quantitative estimate of drug-likeness (QED) is 0.499. The molecule has 0 aromatic heterocycles. The molecule has 1 aliphatic rings.